The lowest BCUT2D eigenvalue weighted by molar-refractivity contribution is 0.643. The molecule has 0 spiro atoms. The Hall–Kier alpha value is -2.75. The molecule has 0 radical (unpaired) electrons. The molecule has 0 saturated carbocycles. The van der Waals surface area contributed by atoms with Crippen molar-refractivity contribution >= 4 is 21.8 Å². The summed E-state index contributed by atoms with van der Waals surface area (Å²) in [5, 5.41) is 1.44. The second-order valence-corrected chi connectivity index (χ2v) is 4.62. The van der Waals surface area contributed by atoms with Crippen molar-refractivity contribution in [2.75, 3.05) is 0 Å². The van der Waals surface area contributed by atoms with Gasteiger partial charge in [0.1, 0.15) is 5.82 Å². The molecule has 96 valence electrons. The summed E-state index contributed by atoms with van der Waals surface area (Å²) in [5.41, 5.74) is 2.98. The lowest BCUT2D eigenvalue weighted by Gasteiger charge is -2.05. The lowest BCUT2D eigenvalue weighted by atomic mass is 10.0. The summed E-state index contributed by atoms with van der Waals surface area (Å²) in [6.07, 6.45) is 6.93. The van der Waals surface area contributed by atoms with Gasteiger partial charge in [-0.05, 0) is 30.3 Å². The highest BCUT2D eigenvalue weighted by atomic mass is 19.1. The van der Waals surface area contributed by atoms with Crippen LogP contribution in [0.25, 0.3) is 32.9 Å². The van der Waals surface area contributed by atoms with Gasteiger partial charge in [0.15, 0.2) is 0 Å². The molecule has 4 aromatic rings. The molecule has 0 aliphatic rings. The van der Waals surface area contributed by atoms with Gasteiger partial charge in [-0.2, -0.15) is 0 Å². The molecule has 0 atom stereocenters. The van der Waals surface area contributed by atoms with Gasteiger partial charge < -0.3 is 4.98 Å². The normalized spacial score (nSPS) is 11.2. The average Bonchev–Trinajstić information content (AvgIpc) is 2.92. The van der Waals surface area contributed by atoms with Crippen LogP contribution in [0.3, 0.4) is 0 Å². The van der Waals surface area contributed by atoms with Crippen LogP contribution in [0.15, 0.2) is 55.1 Å². The summed E-state index contributed by atoms with van der Waals surface area (Å²) < 4.78 is 14.7. The number of halogens is 1. The maximum atomic E-state index is 14.7. The molecule has 0 fully saturated rings. The standard InChI is InChI=1S/C16H10FN3/c17-16-10(3-4-14-11(16)2-1-6-19-14)12-9-20-15-5-7-18-8-13(12)15/h1-9,20H. The number of fused-ring (bicyclic) bond motifs is 2. The first-order chi connectivity index (χ1) is 9.84. The fraction of sp³-hybridized carbons (Fsp3) is 0. The van der Waals surface area contributed by atoms with Crippen molar-refractivity contribution in [1.29, 1.82) is 0 Å². The van der Waals surface area contributed by atoms with Crippen LogP contribution in [0.1, 0.15) is 0 Å². The van der Waals surface area contributed by atoms with Crippen molar-refractivity contribution in [2.24, 2.45) is 0 Å². The van der Waals surface area contributed by atoms with Crippen molar-refractivity contribution in [2.45, 2.75) is 0 Å². The monoisotopic (exact) mass is 263 g/mol. The Bertz CT molecular complexity index is 927. The van der Waals surface area contributed by atoms with Crippen LogP contribution in [0.4, 0.5) is 4.39 Å². The second-order valence-electron chi connectivity index (χ2n) is 4.62. The van der Waals surface area contributed by atoms with Gasteiger partial charge in [0, 0.05) is 52.2 Å². The van der Waals surface area contributed by atoms with Crippen LogP contribution >= 0.6 is 0 Å². The molecule has 3 aromatic heterocycles. The molecular formula is C16H10FN3. The lowest BCUT2D eigenvalue weighted by Crippen LogP contribution is -1.88. The number of aromatic amines is 1. The zero-order valence-electron chi connectivity index (χ0n) is 10.5. The highest BCUT2D eigenvalue weighted by Gasteiger charge is 2.13. The van der Waals surface area contributed by atoms with E-state index in [1.165, 1.54) is 0 Å². The summed E-state index contributed by atoms with van der Waals surface area (Å²) >= 11 is 0. The quantitative estimate of drug-likeness (QED) is 0.565. The molecule has 0 saturated heterocycles. The number of nitrogens with zero attached hydrogens (tertiary/aromatic N) is 2. The number of H-pyrrole nitrogens is 1. The minimum Gasteiger partial charge on any atom is -0.360 e. The van der Waals surface area contributed by atoms with Crippen molar-refractivity contribution < 1.29 is 4.39 Å². The predicted molar refractivity (Wildman–Crippen MR) is 76.8 cm³/mol. The van der Waals surface area contributed by atoms with Gasteiger partial charge in [-0.1, -0.05) is 0 Å². The number of benzene rings is 1. The molecule has 3 nitrogen and oxygen atoms in total. The third kappa shape index (κ3) is 1.51. The number of nitrogens with one attached hydrogen (secondary N) is 1. The summed E-state index contributed by atoms with van der Waals surface area (Å²) in [6.45, 7) is 0. The topological polar surface area (TPSA) is 41.6 Å². The molecule has 20 heavy (non-hydrogen) atoms. The Labute approximate surface area is 114 Å². The maximum absolute atomic E-state index is 14.7. The molecule has 4 heteroatoms. The minimum absolute atomic E-state index is 0.250. The van der Waals surface area contributed by atoms with E-state index in [2.05, 4.69) is 15.0 Å². The van der Waals surface area contributed by atoms with Crippen molar-refractivity contribution in [1.82, 2.24) is 15.0 Å². The Morgan fingerprint density at radius 2 is 1.90 bits per heavy atom. The maximum Gasteiger partial charge on any atom is 0.140 e. The van der Waals surface area contributed by atoms with Crippen LogP contribution in [-0.4, -0.2) is 15.0 Å². The van der Waals surface area contributed by atoms with Gasteiger partial charge in [-0.3, -0.25) is 9.97 Å². The first-order valence-electron chi connectivity index (χ1n) is 6.29. The molecule has 0 unspecified atom stereocenters. The highest BCUT2D eigenvalue weighted by Crippen LogP contribution is 2.32. The van der Waals surface area contributed by atoms with Gasteiger partial charge in [0.05, 0.1) is 5.52 Å². The van der Waals surface area contributed by atoms with E-state index in [4.69, 9.17) is 0 Å². The zero-order chi connectivity index (χ0) is 13.5. The Morgan fingerprint density at radius 1 is 0.950 bits per heavy atom. The number of aromatic nitrogens is 3. The number of hydrogen-bond acceptors (Lipinski definition) is 2. The van der Waals surface area contributed by atoms with Gasteiger partial charge in [-0.15, -0.1) is 0 Å². The molecule has 0 bridgehead atoms. The van der Waals surface area contributed by atoms with E-state index in [0.29, 0.717) is 16.5 Å². The molecule has 0 aliphatic carbocycles. The van der Waals surface area contributed by atoms with Crippen LogP contribution < -0.4 is 0 Å². The highest BCUT2D eigenvalue weighted by molar-refractivity contribution is 5.97. The van der Waals surface area contributed by atoms with Crippen LogP contribution in [-0.2, 0) is 0 Å². The largest absolute Gasteiger partial charge is 0.360 e. The molecule has 3 heterocycles. The van der Waals surface area contributed by atoms with E-state index in [-0.39, 0.29) is 5.82 Å². The zero-order valence-corrected chi connectivity index (χ0v) is 10.5. The second kappa shape index (κ2) is 4.13. The van der Waals surface area contributed by atoms with E-state index in [9.17, 15) is 4.39 Å². The molecule has 0 amide bonds. The van der Waals surface area contributed by atoms with Crippen LogP contribution in [0, 0.1) is 5.82 Å². The van der Waals surface area contributed by atoms with Crippen molar-refractivity contribution in [3.8, 4) is 11.1 Å². The van der Waals surface area contributed by atoms with Gasteiger partial charge in [0.25, 0.3) is 0 Å². The van der Waals surface area contributed by atoms with Gasteiger partial charge in [0.2, 0.25) is 0 Å². The molecule has 0 aliphatic heterocycles. The third-order valence-corrected chi connectivity index (χ3v) is 3.49. The average molecular weight is 263 g/mol. The Kier molecular flexibility index (Phi) is 2.29. The summed E-state index contributed by atoms with van der Waals surface area (Å²) in [6, 6.07) is 8.96. The van der Waals surface area contributed by atoms with Crippen molar-refractivity contribution in [3.05, 3.63) is 60.9 Å². The fourth-order valence-electron chi connectivity index (χ4n) is 2.51. The first kappa shape index (κ1) is 11.1. The summed E-state index contributed by atoms with van der Waals surface area (Å²) in [5.74, 6) is -0.250. The van der Waals surface area contributed by atoms with Crippen LogP contribution in [0.2, 0.25) is 0 Å². The number of pyridine rings is 2. The Balaban J connectivity index is 2.05. The molecule has 1 aromatic carbocycles. The van der Waals surface area contributed by atoms with Gasteiger partial charge in [-0.25, -0.2) is 4.39 Å². The van der Waals surface area contributed by atoms with Gasteiger partial charge >= 0.3 is 0 Å². The van der Waals surface area contributed by atoms with E-state index in [1.54, 1.807) is 36.8 Å². The SMILES string of the molecule is Fc1c(-c2c[nH]c3ccncc23)ccc2ncccc12. The number of rotatable bonds is 1. The Morgan fingerprint density at radius 3 is 2.85 bits per heavy atom. The fourth-order valence-corrected chi connectivity index (χ4v) is 2.51. The molecular weight excluding hydrogens is 253 g/mol. The van der Waals surface area contributed by atoms with E-state index >= 15 is 0 Å². The van der Waals surface area contributed by atoms with Crippen molar-refractivity contribution in [3.63, 3.8) is 0 Å². The smallest absolute Gasteiger partial charge is 0.140 e. The van der Waals surface area contributed by atoms with Crippen LogP contribution in [0.5, 0.6) is 0 Å². The van der Waals surface area contributed by atoms with E-state index in [0.717, 1.165) is 16.5 Å². The number of hydrogen-bond donors (Lipinski definition) is 1. The third-order valence-electron chi connectivity index (χ3n) is 3.49. The molecule has 4 rings (SSSR count). The minimum atomic E-state index is -0.250. The predicted octanol–water partition coefficient (Wildman–Crippen LogP) is 3.92. The first-order valence-corrected chi connectivity index (χ1v) is 6.29. The van der Waals surface area contributed by atoms with E-state index < -0.39 is 0 Å². The summed E-state index contributed by atoms with van der Waals surface area (Å²) in [7, 11) is 0. The summed E-state index contributed by atoms with van der Waals surface area (Å²) in [4.78, 5) is 11.4. The molecule has 1 N–H and O–H groups in total. The van der Waals surface area contributed by atoms with E-state index in [1.807, 2.05) is 18.3 Å².